The lowest BCUT2D eigenvalue weighted by atomic mass is 9.99. The van der Waals surface area contributed by atoms with Gasteiger partial charge in [0.25, 0.3) is 0 Å². The second-order valence-corrected chi connectivity index (χ2v) is 8.84. The number of halogens is 4. The van der Waals surface area contributed by atoms with E-state index in [0.29, 0.717) is 25.2 Å². The van der Waals surface area contributed by atoms with E-state index in [2.05, 4.69) is 24.6 Å². The summed E-state index contributed by atoms with van der Waals surface area (Å²) in [7, 11) is 0. The number of hydrogen-bond acceptors (Lipinski definition) is 3. The summed E-state index contributed by atoms with van der Waals surface area (Å²) in [5.74, 6) is 0.00907. The standard InChI is InChI=1S/C26H28ClF3N2O/c1-17-5-8-22(24(27)13-17)11-12-31-15-18(2)32(25(20(31)4)14-19(3)33)16-21-6-9-23(10-7-21)26(28,29)30/h5-10,13,25,33H,2-4,11-12,14-16H2,1H3. The lowest BCUT2D eigenvalue weighted by Crippen LogP contribution is -2.49. The van der Waals surface area contributed by atoms with Gasteiger partial charge in [0, 0.05) is 35.9 Å². The largest absolute Gasteiger partial charge is 0.513 e. The van der Waals surface area contributed by atoms with Gasteiger partial charge >= 0.3 is 6.18 Å². The number of alkyl halides is 3. The molecule has 1 aliphatic rings. The van der Waals surface area contributed by atoms with Crippen molar-refractivity contribution >= 4 is 11.6 Å². The summed E-state index contributed by atoms with van der Waals surface area (Å²) in [6.07, 6.45) is -3.41. The predicted molar refractivity (Wildman–Crippen MR) is 127 cm³/mol. The molecule has 1 aliphatic heterocycles. The van der Waals surface area contributed by atoms with E-state index in [1.54, 1.807) is 0 Å². The van der Waals surface area contributed by atoms with Crippen LogP contribution in [0.4, 0.5) is 13.2 Å². The van der Waals surface area contributed by atoms with Gasteiger partial charge in [-0.15, -0.1) is 0 Å². The molecule has 0 radical (unpaired) electrons. The topological polar surface area (TPSA) is 26.7 Å². The summed E-state index contributed by atoms with van der Waals surface area (Å²) in [6.45, 7) is 15.6. The smallest absolute Gasteiger partial charge is 0.416 e. The minimum Gasteiger partial charge on any atom is -0.513 e. The molecule has 1 heterocycles. The van der Waals surface area contributed by atoms with E-state index >= 15 is 0 Å². The number of rotatable bonds is 7. The van der Waals surface area contributed by atoms with Gasteiger partial charge in [0.2, 0.25) is 0 Å². The molecule has 3 rings (SSSR count). The van der Waals surface area contributed by atoms with Crippen LogP contribution < -0.4 is 0 Å². The highest BCUT2D eigenvalue weighted by atomic mass is 35.5. The van der Waals surface area contributed by atoms with Crippen molar-refractivity contribution in [2.24, 2.45) is 0 Å². The van der Waals surface area contributed by atoms with Gasteiger partial charge in [-0.2, -0.15) is 13.2 Å². The maximum absolute atomic E-state index is 12.9. The molecular weight excluding hydrogens is 449 g/mol. The molecule has 1 saturated heterocycles. The van der Waals surface area contributed by atoms with E-state index in [-0.39, 0.29) is 18.2 Å². The Labute approximate surface area is 198 Å². The lowest BCUT2D eigenvalue weighted by molar-refractivity contribution is -0.137. The van der Waals surface area contributed by atoms with Gasteiger partial charge in [-0.1, -0.05) is 55.6 Å². The number of benzene rings is 2. The van der Waals surface area contributed by atoms with E-state index in [4.69, 9.17) is 11.6 Å². The van der Waals surface area contributed by atoms with Gasteiger partial charge in [-0.05, 0) is 48.2 Å². The van der Waals surface area contributed by atoms with Crippen LogP contribution in [0.2, 0.25) is 5.02 Å². The van der Waals surface area contributed by atoms with E-state index in [1.165, 1.54) is 12.1 Å². The SMILES string of the molecule is C=C(O)CC1C(=C)N(CCc2ccc(C)cc2Cl)CC(=C)N1Cc1ccc(C(F)(F)F)cc1. The van der Waals surface area contributed by atoms with Gasteiger partial charge in [0.1, 0.15) is 0 Å². The molecule has 0 saturated carbocycles. The highest BCUT2D eigenvalue weighted by Gasteiger charge is 2.33. The molecule has 176 valence electrons. The summed E-state index contributed by atoms with van der Waals surface area (Å²) in [5, 5.41) is 10.6. The molecular formula is C26H28ClF3N2O. The first kappa shape index (κ1) is 24.8. The number of nitrogens with zero attached hydrogens (tertiary/aromatic N) is 2. The van der Waals surface area contributed by atoms with Crippen molar-refractivity contribution in [3.05, 3.63) is 107 Å². The first-order valence-corrected chi connectivity index (χ1v) is 11.0. The van der Waals surface area contributed by atoms with Crippen molar-refractivity contribution in [3.8, 4) is 0 Å². The second-order valence-electron chi connectivity index (χ2n) is 8.43. The normalized spacial score (nSPS) is 16.9. The van der Waals surface area contributed by atoms with Gasteiger partial charge in [-0.25, -0.2) is 0 Å². The van der Waals surface area contributed by atoms with Gasteiger partial charge in [-0.3, -0.25) is 0 Å². The molecule has 0 spiro atoms. The van der Waals surface area contributed by atoms with E-state index in [0.717, 1.165) is 46.1 Å². The lowest BCUT2D eigenvalue weighted by Gasteiger charge is -2.46. The Morgan fingerprint density at radius 2 is 1.82 bits per heavy atom. The third-order valence-electron chi connectivity index (χ3n) is 5.87. The number of hydrogen-bond donors (Lipinski definition) is 1. The molecule has 33 heavy (non-hydrogen) atoms. The molecule has 7 heteroatoms. The fourth-order valence-electron chi connectivity index (χ4n) is 4.03. The number of aliphatic hydroxyl groups is 1. The monoisotopic (exact) mass is 476 g/mol. The Bertz CT molecular complexity index is 1050. The van der Waals surface area contributed by atoms with Crippen LogP contribution >= 0.6 is 11.6 Å². The van der Waals surface area contributed by atoms with Crippen LogP contribution in [0.25, 0.3) is 0 Å². The summed E-state index contributed by atoms with van der Waals surface area (Å²) in [5.41, 5.74) is 3.76. The summed E-state index contributed by atoms with van der Waals surface area (Å²) in [6, 6.07) is 10.8. The van der Waals surface area contributed by atoms with Crippen molar-refractivity contribution in [3.63, 3.8) is 0 Å². The van der Waals surface area contributed by atoms with Gasteiger partial charge in [0.05, 0.1) is 23.9 Å². The molecule has 0 aromatic heterocycles. The number of aryl methyl sites for hydroxylation is 1. The van der Waals surface area contributed by atoms with Crippen molar-refractivity contribution in [1.82, 2.24) is 9.80 Å². The number of aliphatic hydroxyl groups excluding tert-OH is 1. The Balaban J connectivity index is 1.75. The maximum Gasteiger partial charge on any atom is 0.416 e. The molecule has 2 aromatic carbocycles. The highest BCUT2D eigenvalue weighted by Crippen LogP contribution is 2.33. The van der Waals surface area contributed by atoms with E-state index in [1.807, 2.05) is 30.0 Å². The van der Waals surface area contributed by atoms with Gasteiger partial charge < -0.3 is 14.9 Å². The van der Waals surface area contributed by atoms with E-state index in [9.17, 15) is 18.3 Å². The fourth-order valence-corrected chi connectivity index (χ4v) is 4.36. The minimum absolute atomic E-state index is 0.00907. The van der Waals surface area contributed by atoms with Crippen molar-refractivity contribution < 1.29 is 18.3 Å². The number of piperazine rings is 1. The first-order chi connectivity index (χ1) is 15.5. The highest BCUT2D eigenvalue weighted by molar-refractivity contribution is 6.31. The summed E-state index contributed by atoms with van der Waals surface area (Å²) >= 11 is 6.38. The van der Waals surface area contributed by atoms with Crippen molar-refractivity contribution in [2.45, 2.75) is 38.5 Å². The molecule has 2 aromatic rings. The zero-order valence-corrected chi connectivity index (χ0v) is 19.4. The Morgan fingerprint density at radius 3 is 2.39 bits per heavy atom. The van der Waals surface area contributed by atoms with Crippen LogP contribution in [0.3, 0.4) is 0 Å². The molecule has 1 unspecified atom stereocenters. The molecule has 0 bridgehead atoms. The van der Waals surface area contributed by atoms with Crippen LogP contribution in [0, 0.1) is 6.92 Å². The summed E-state index contributed by atoms with van der Waals surface area (Å²) < 4.78 is 38.7. The minimum atomic E-state index is -4.38. The molecule has 3 nitrogen and oxygen atoms in total. The van der Waals surface area contributed by atoms with Crippen molar-refractivity contribution in [1.29, 1.82) is 0 Å². The molecule has 1 N–H and O–H groups in total. The molecule has 1 atom stereocenters. The maximum atomic E-state index is 12.9. The molecule has 0 aliphatic carbocycles. The molecule has 1 fully saturated rings. The fraction of sp³-hybridized carbons (Fsp3) is 0.308. The third-order valence-corrected chi connectivity index (χ3v) is 6.22. The van der Waals surface area contributed by atoms with Crippen LogP contribution in [-0.4, -0.2) is 34.0 Å². The van der Waals surface area contributed by atoms with Crippen LogP contribution in [0.1, 0.15) is 28.7 Å². The first-order valence-electron chi connectivity index (χ1n) is 10.6. The molecule has 0 amide bonds. The van der Waals surface area contributed by atoms with Crippen LogP contribution in [0.5, 0.6) is 0 Å². The predicted octanol–water partition coefficient (Wildman–Crippen LogP) is 6.89. The quantitative estimate of drug-likeness (QED) is 0.441. The zero-order chi connectivity index (χ0) is 24.3. The van der Waals surface area contributed by atoms with Crippen LogP contribution in [-0.2, 0) is 19.1 Å². The van der Waals surface area contributed by atoms with Gasteiger partial charge in [0.15, 0.2) is 0 Å². The van der Waals surface area contributed by atoms with E-state index < -0.39 is 11.7 Å². The van der Waals surface area contributed by atoms with Crippen molar-refractivity contribution in [2.75, 3.05) is 13.1 Å². The average Bonchev–Trinajstić information content (AvgIpc) is 2.72. The zero-order valence-electron chi connectivity index (χ0n) is 18.6. The summed E-state index contributed by atoms with van der Waals surface area (Å²) in [4.78, 5) is 4.08. The Hall–Kier alpha value is -2.86. The Morgan fingerprint density at radius 1 is 1.15 bits per heavy atom. The third kappa shape index (κ3) is 6.14. The average molecular weight is 477 g/mol. The van der Waals surface area contributed by atoms with Crippen LogP contribution in [0.15, 0.2) is 79.4 Å². The Kier molecular flexibility index (Phi) is 7.48. The second kappa shape index (κ2) is 9.96.